The zero-order valence-corrected chi connectivity index (χ0v) is 18.4. The van der Waals surface area contributed by atoms with Gasteiger partial charge in [-0.15, -0.1) is 0 Å². The highest BCUT2D eigenvalue weighted by Gasteiger charge is 2.34. The summed E-state index contributed by atoms with van der Waals surface area (Å²) in [6.07, 6.45) is 4.17. The molecule has 0 N–H and O–H groups in total. The van der Waals surface area contributed by atoms with Gasteiger partial charge in [0.2, 0.25) is 0 Å². The summed E-state index contributed by atoms with van der Waals surface area (Å²) >= 11 is 0. The van der Waals surface area contributed by atoms with Crippen LogP contribution in [-0.4, -0.2) is 95.6 Å². The molecule has 1 unspecified atom stereocenters. The SMILES string of the molecule is CC(C)(C)N1CCC(CN2CCC(N3CCN(C(C)(C)C)CC3)C2)CC1. The van der Waals surface area contributed by atoms with Gasteiger partial charge in [-0.05, 0) is 86.4 Å². The van der Waals surface area contributed by atoms with E-state index in [-0.39, 0.29) is 0 Å². The number of piperazine rings is 1. The second-order valence-electron chi connectivity index (χ2n) is 11.0. The summed E-state index contributed by atoms with van der Waals surface area (Å²) in [6, 6.07) is 0.812. The molecule has 0 saturated carbocycles. The van der Waals surface area contributed by atoms with Gasteiger partial charge in [0, 0.05) is 56.4 Å². The Balaban J connectivity index is 1.39. The van der Waals surface area contributed by atoms with E-state index in [1.54, 1.807) is 0 Å². The number of piperidine rings is 1. The molecule has 0 spiro atoms. The fourth-order valence-corrected chi connectivity index (χ4v) is 5.19. The first-order valence-corrected chi connectivity index (χ1v) is 11.1. The van der Waals surface area contributed by atoms with E-state index in [2.05, 4.69) is 61.1 Å². The van der Waals surface area contributed by atoms with Gasteiger partial charge in [0.25, 0.3) is 0 Å². The summed E-state index contributed by atoms with van der Waals surface area (Å²) in [5.41, 5.74) is 0.675. The average molecular weight is 365 g/mol. The van der Waals surface area contributed by atoms with Crippen LogP contribution >= 0.6 is 0 Å². The number of nitrogens with zero attached hydrogens (tertiary/aromatic N) is 4. The first-order chi connectivity index (χ1) is 12.1. The highest BCUT2D eigenvalue weighted by molar-refractivity contribution is 4.90. The molecule has 3 fully saturated rings. The number of hydrogen-bond acceptors (Lipinski definition) is 4. The van der Waals surface area contributed by atoms with Crippen LogP contribution in [0.15, 0.2) is 0 Å². The zero-order valence-electron chi connectivity index (χ0n) is 18.4. The molecule has 3 aliphatic heterocycles. The van der Waals surface area contributed by atoms with Crippen molar-refractivity contribution in [1.29, 1.82) is 0 Å². The number of hydrogen-bond donors (Lipinski definition) is 0. The third-order valence-electron chi connectivity index (χ3n) is 7.11. The van der Waals surface area contributed by atoms with E-state index in [1.807, 2.05) is 0 Å². The topological polar surface area (TPSA) is 13.0 Å². The standard InChI is InChI=1S/C22H44N4/c1-21(2,3)25-11-7-19(8-12-25)17-23-10-9-20(18-23)24-13-15-26(16-14-24)22(4,5)6/h19-20H,7-18H2,1-6H3. The largest absolute Gasteiger partial charge is 0.301 e. The van der Waals surface area contributed by atoms with E-state index in [1.165, 1.54) is 78.2 Å². The van der Waals surface area contributed by atoms with Gasteiger partial charge in [0.15, 0.2) is 0 Å². The van der Waals surface area contributed by atoms with Crippen LogP contribution in [0.2, 0.25) is 0 Å². The molecule has 3 rings (SSSR count). The summed E-state index contributed by atoms with van der Waals surface area (Å²) < 4.78 is 0. The lowest BCUT2D eigenvalue weighted by atomic mass is 9.92. The van der Waals surface area contributed by atoms with Gasteiger partial charge in [-0.3, -0.25) is 14.7 Å². The summed E-state index contributed by atoms with van der Waals surface area (Å²) in [6.45, 7) is 25.7. The van der Waals surface area contributed by atoms with E-state index < -0.39 is 0 Å². The Morgan fingerprint density at radius 2 is 1.19 bits per heavy atom. The summed E-state index contributed by atoms with van der Waals surface area (Å²) in [4.78, 5) is 10.9. The summed E-state index contributed by atoms with van der Waals surface area (Å²) in [7, 11) is 0. The highest BCUT2D eigenvalue weighted by atomic mass is 15.3. The molecular weight excluding hydrogens is 320 g/mol. The normalized spacial score (nSPS) is 29.5. The fourth-order valence-electron chi connectivity index (χ4n) is 5.19. The van der Waals surface area contributed by atoms with Crippen molar-refractivity contribution >= 4 is 0 Å². The van der Waals surface area contributed by atoms with Gasteiger partial charge in [-0.25, -0.2) is 0 Å². The quantitative estimate of drug-likeness (QED) is 0.763. The minimum absolute atomic E-state index is 0.329. The molecule has 3 saturated heterocycles. The van der Waals surface area contributed by atoms with Gasteiger partial charge in [-0.2, -0.15) is 0 Å². The monoisotopic (exact) mass is 364 g/mol. The first kappa shape index (κ1) is 20.6. The van der Waals surface area contributed by atoms with Crippen LogP contribution < -0.4 is 0 Å². The first-order valence-electron chi connectivity index (χ1n) is 11.1. The van der Waals surface area contributed by atoms with E-state index >= 15 is 0 Å². The lowest BCUT2D eigenvalue weighted by Gasteiger charge is -2.44. The van der Waals surface area contributed by atoms with Crippen molar-refractivity contribution < 1.29 is 0 Å². The zero-order chi connectivity index (χ0) is 18.9. The van der Waals surface area contributed by atoms with Crippen molar-refractivity contribution in [2.45, 2.75) is 77.9 Å². The molecule has 0 radical (unpaired) electrons. The Morgan fingerprint density at radius 3 is 1.73 bits per heavy atom. The van der Waals surface area contributed by atoms with Crippen molar-refractivity contribution in [3.8, 4) is 0 Å². The molecule has 152 valence electrons. The van der Waals surface area contributed by atoms with Crippen LogP contribution in [0.5, 0.6) is 0 Å². The minimum Gasteiger partial charge on any atom is -0.301 e. The molecule has 0 aromatic rings. The van der Waals surface area contributed by atoms with E-state index in [9.17, 15) is 0 Å². The van der Waals surface area contributed by atoms with E-state index in [4.69, 9.17) is 0 Å². The Morgan fingerprint density at radius 1 is 0.654 bits per heavy atom. The molecule has 0 aromatic heterocycles. The predicted molar refractivity (Wildman–Crippen MR) is 112 cm³/mol. The van der Waals surface area contributed by atoms with Crippen LogP contribution in [0.4, 0.5) is 0 Å². The van der Waals surface area contributed by atoms with Crippen molar-refractivity contribution in [3.63, 3.8) is 0 Å². The number of rotatable bonds is 3. The van der Waals surface area contributed by atoms with Gasteiger partial charge < -0.3 is 4.90 Å². The Labute approximate surface area is 162 Å². The molecule has 0 aliphatic carbocycles. The Bertz CT molecular complexity index is 434. The second-order valence-corrected chi connectivity index (χ2v) is 11.0. The van der Waals surface area contributed by atoms with Crippen LogP contribution in [0.1, 0.15) is 60.8 Å². The van der Waals surface area contributed by atoms with Gasteiger partial charge in [0.05, 0.1) is 0 Å². The summed E-state index contributed by atoms with van der Waals surface area (Å²) in [5, 5.41) is 0. The molecule has 3 heterocycles. The van der Waals surface area contributed by atoms with Crippen molar-refractivity contribution in [2.24, 2.45) is 5.92 Å². The van der Waals surface area contributed by atoms with Crippen LogP contribution in [0, 0.1) is 5.92 Å². The average Bonchev–Trinajstić information content (AvgIpc) is 3.02. The van der Waals surface area contributed by atoms with Gasteiger partial charge in [-0.1, -0.05) is 0 Å². The lowest BCUT2D eigenvalue weighted by Crippen LogP contribution is -2.56. The molecule has 4 heteroatoms. The maximum Gasteiger partial charge on any atom is 0.0236 e. The van der Waals surface area contributed by atoms with E-state index in [0.717, 1.165) is 12.0 Å². The summed E-state index contributed by atoms with van der Waals surface area (Å²) in [5.74, 6) is 0.921. The number of likely N-dealkylation sites (tertiary alicyclic amines) is 2. The molecule has 3 aliphatic rings. The van der Waals surface area contributed by atoms with Crippen molar-refractivity contribution in [1.82, 2.24) is 19.6 Å². The van der Waals surface area contributed by atoms with Crippen LogP contribution in [0.3, 0.4) is 0 Å². The molecule has 0 bridgehead atoms. The molecular formula is C22H44N4. The van der Waals surface area contributed by atoms with Crippen molar-refractivity contribution in [2.75, 3.05) is 58.9 Å². The fraction of sp³-hybridized carbons (Fsp3) is 1.00. The predicted octanol–water partition coefficient (Wildman–Crippen LogP) is 2.99. The van der Waals surface area contributed by atoms with Crippen LogP contribution in [-0.2, 0) is 0 Å². The molecule has 0 amide bonds. The third-order valence-corrected chi connectivity index (χ3v) is 7.11. The van der Waals surface area contributed by atoms with Gasteiger partial charge in [0.1, 0.15) is 0 Å². The maximum absolute atomic E-state index is 2.78. The molecule has 4 nitrogen and oxygen atoms in total. The van der Waals surface area contributed by atoms with E-state index in [0.29, 0.717) is 11.1 Å². The van der Waals surface area contributed by atoms with Crippen molar-refractivity contribution in [3.05, 3.63) is 0 Å². The Kier molecular flexibility index (Phi) is 6.38. The lowest BCUT2D eigenvalue weighted by molar-refractivity contribution is 0.0421. The third kappa shape index (κ3) is 5.21. The van der Waals surface area contributed by atoms with Crippen LogP contribution in [0.25, 0.3) is 0 Å². The highest BCUT2D eigenvalue weighted by Crippen LogP contribution is 2.27. The smallest absolute Gasteiger partial charge is 0.0236 e. The molecule has 1 atom stereocenters. The minimum atomic E-state index is 0.329. The molecule has 0 aromatic carbocycles. The second kappa shape index (κ2) is 8.06. The molecule has 26 heavy (non-hydrogen) atoms. The van der Waals surface area contributed by atoms with Gasteiger partial charge >= 0.3 is 0 Å². The maximum atomic E-state index is 2.78. The Hall–Kier alpha value is -0.160.